The number of urea groups is 2. The lowest BCUT2D eigenvalue weighted by Gasteiger charge is -2.40. The molecule has 0 spiro atoms. The summed E-state index contributed by atoms with van der Waals surface area (Å²) in [6.07, 6.45) is 5.09. The van der Waals surface area contributed by atoms with Crippen molar-refractivity contribution in [3.8, 4) is 0 Å². The number of carbonyl (C=O) groups is 2. The third-order valence-electron chi connectivity index (χ3n) is 2.78. The van der Waals surface area contributed by atoms with Gasteiger partial charge in [-0.25, -0.2) is 14.5 Å². The maximum atomic E-state index is 12.1. The largest absolute Gasteiger partial charge is 0.329 e. The summed E-state index contributed by atoms with van der Waals surface area (Å²) in [6, 6.07) is -0.456. The second-order valence-electron chi connectivity index (χ2n) is 4.23. The van der Waals surface area contributed by atoms with Crippen molar-refractivity contribution in [3.05, 3.63) is 25.3 Å². The molecular weight excluding hydrogens is 230 g/mol. The van der Waals surface area contributed by atoms with Crippen molar-refractivity contribution < 1.29 is 9.59 Å². The molecule has 0 aliphatic carbocycles. The number of carbonyl (C=O) groups excluding carboxylic acids is 2. The first-order chi connectivity index (χ1) is 8.65. The van der Waals surface area contributed by atoms with E-state index >= 15 is 0 Å². The Morgan fingerprint density at radius 2 is 1.61 bits per heavy atom. The Bertz CT molecular complexity index is 313. The Balaban J connectivity index is 2.82. The van der Waals surface area contributed by atoms with Crippen molar-refractivity contribution >= 4 is 12.1 Å². The van der Waals surface area contributed by atoms with E-state index in [1.165, 1.54) is 4.90 Å². The van der Waals surface area contributed by atoms with Crippen molar-refractivity contribution in [1.29, 1.82) is 0 Å². The molecule has 0 aromatic rings. The van der Waals surface area contributed by atoms with Gasteiger partial charge in [0.2, 0.25) is 0 Å². The normalized spacial score (nSPS) is 16.2. The molecule has 1 saturated heterocycles. The van der Waals surface area contributed by atoms with E-state index in [0.29, 0.717) is 26.3 Å². The smallest absolute Gasteiger partial charge is 0.303 e. The number of unbranched alkanes of at least 4 members (excludes halogenated alkanes) is 1. The fraction of sp³-hybridized carbons (Fsp3) is 0.538. The SMILES string of the molecule is C=CCN1CN(CC=C)C(=O)N(CCCC)C1=O. The Kier molecular flexibility index (Phi) is 5.42. The highest BCUT2D eigenvalue weighted by Gasteiger charge is 2.35. The Hall–Kier alpha value is -1.78. The van der Waals surface area contributed by atoms with Gasteiger partial charge in [-0.15, -0.1) is 13.2 Å². The Morgan fingerprint density at radius 1 is 1.11 bits per heavy atom. The number of imide groups is 1. The minimum Gasteiger partial charge on any atom is -0.303 e. The molecule has 1 aliphatic rings. The number of hydrogen-bond acceptors (Lipinski definition) is 2. The summed E-state index contributed by atoms with van der Waals surface area (Å²) in [5.41, 5.74) is 0. The summed E-state index contributed by atoms with van der Waals surface area (Å²) in [7, 11) is 0. The molecule has 0 saturated carbocycles. The van der Waals surface area contributed by atoms with Gasteiger partial charge in [0, 0.05) is 19.6 Å². The highest BCUT2D eigenvalue weighted by atomic mass is 16.2. The summed E-state index contributed by atoms with van der Waals surface area (Å²) in [5.74, 6) is 0. The van der Waals surface area contributed by atoms with Crippen LogP contribution in [0.25, 0.3) is 0 Å². The lowest BCUT2D eigenvalue weighted by atomic mass is 10.3. The molecule has 1 fully saturated rings. The topological polar surface area (TPSA) is 43.9 Å². The molecule has 0 radical (unpaired) electrons. The molecule has 100 valence electrons. The van der Waals surface area contributed by atoms with Crippen LogP contribution in [-0.4, -0.2) is 53.1 Å². The molecule has 4 amide bonds. The van der Waals surface area contributed by atoms with Gasteiger partial charge in [-0.1, -0.05) is 25.5 Å². The monoisotopic (exact) mass is 251 g/mol. The molecular formula is C13H21N3O2. The van der Waals surface area contributed by atoms with Crippen molar-refractivity contribution in [2.45, 2.75) is 19.8 Å². The number of nitrogens with zero attached hydrogens (tertiary/aromatic N) is 3. The molecule has 5 heteroatoms. The van der Waals surface area contributed by atoms with E-state index in [4.69, 9.17) is 0 Å². The van der Waals surface area contributed by atoms with Crippen LogP contribution in [0.5, 0.6) is 0 Å². The summed E-state index contributed by atoms with van der Waals surface area (Å²) in [4.78, 5) is 28.7. The van der Waals surface area contributed by atoms with E-state index in [1.807, 2.05) is 6.92 Å². The fourth-order valence-corrected chi connectivity index (χ4v) is 1.84. The molecule has 1 rings (SSSR count). The quantitative estimate of drug-likeness (QED) is 0.651. The van der Waals surface area contributed by atoms with Crippen LogP contribution in [0.1, 0.15) is 19.8 Å². The average molecular weight is 251 g/mol. The fourth-order valence-electron chi connectivity index (χ4n) is 1.84. The lowest BCUT2D eigenvalue weighted by molar-refractivity contribution is 0.0869. The third kappa shape index (κ3) is 3.12. The first-order valence-corrected chi connectivity index (χ1v) is 6.22. The number of hydrogen-bond donors (Lipinski definition) is 0. The second kappa shape index (κ2) is 6.83. The molecule has 0 unspecified atom stereocenters. The van der Waals surface area contributed by atoms with Gasteiger partial charge in [0.15, 0.2) is 0 Å². The second-order valence-corrected chi connectivity index (χ2v) is 4.23. The summed E-state index contributed by atoms with van der Waals surface area (Å²) < 4.78 is 0. The first-order valence-electron chi connectivity index (χ1n) is 6.22. The van der Waals surface area contributed by atoms with Crippen LogP contribution in [0.3, 0.4) is 0 Å². The molecule has 18 heavy (non-hydrogen) atoms. The van der Waals surface area contributed by atoms with E-state index in [0.717, 1.165) is 12.8 Å². The van der Waals surface area contributed by atoms with E-state index in [1.54, 1.807) is 22.0 Å². The molecule has 5 nitrogen and oxygen atoms in total. The van der Waals surface area contributed by atoms with E-state index in [2.05, 4.69) is 13.2 Å². The van der Waals surface area contributed by atoms with Crippen LogP contribution < -0.4 is 0 Å². The summed E-state index contributed by atoms with van der Waals surface area (Å²) >= 11 is 0. The first kappa shape index (κ1) is 14.3. The Morgan fingerprint density at radius 3 is 2.00 bits per heavy atom. The van der Waals surface area contributed by atoms with Crippen LogP contribution in [0.2, 0.25) is 0 Å². The number of rotatable bonds is 7. The van der Waals surface area contributed by atoms with Gasteiger partial charge in [0.25, 0.3) is 0 Å². The van der Waals surface area contributed by atoms with Gasteiger partial charge < -0.3 is 9.80 Å². The van der Waals surface area contributed by atoms with Crippen LogP contribution in [0.15, 0.2) is 25.3 Å². The van der Waals surface area contributed by atoms with E-state index < -0.39 is 0 Å². The predicted octanol–water partition coefficient (Wildman–Crippen LogP) is 2.28. The summed E-state index contributed by atoms with van der Waals surface area (Å²) in [5, 5.41) is 0. The van der Waals surface area contributed by atoms with E-state index in [9.17, 15) is 9.59 Å². The molecule has 0 aromatic heterocycles. The summed E-state index contributed by atoms with van der Waals surface area (Å²) in [6.45, 7) is 11.0. The van der Waals surface area contributed by atoms with Gasteiger partial charge in [0.05, 0.1) is 6.67 Å². The minimum absolute atomic E-state index is 0.228. The van der Waals surface area contributed by atoms with Crippen LogP contribution >= 0.6 is 0 Å². The molecule has 0 atom stereocenters. The van der Waals surface area contributed by atoms with Crippen LogP contribution in [-0.2, 0) is 0 Å². The van der Waals surface area contributed by atoms with Crippen LogP contribution in [0, 0.1) is 0 Å². The molecule has 0 aromatic carbocycles. The van der Waals surface area contributed by atoms with E-state index in [-0.39, 0.29) is 12.1 Å². The zero-order valence-corrected chi connectivity index (χ0v) is 11.0. The van der Waals surface area contributed by atoms with Gasteiger partial charge in [0.1, 0.15) is 0 Å². The van der Waals surface area contributed by atoms with Crippen molar-refractivity contribution in [1.82, 2.24) is 14.7 Å². The maximum absolute atomic E-state index is 12.1. The number of amides is 4. The van der Waals surface area contributed by atoms with Gasteiger partial charge in [-0.05, 0) is 6.42 Å². The molecule has 0 bridgehead atoms. The van der Waals surface area contributed by atoms with Crippen molar-refractivity contribution in [2.75, 3.05) is 26.3 Å². The zero-order valence-electron chi connectivity index (χ0n) is 11.0. The Labute approximate surface area is 108 Å². The maximum Gasteiger partial charge on any atom is 0.329 e. The lowest BCUT2D eigenvalue weighted by Crippen LogP contribution is -2.60. The average Bonchev–Trinajstić information content (AvgIpc) is 2.35. The van der Waals surface area contributed by atoms with Crippen molar-refractivity contribution in [2.24, 2.45) is 0 Å². The standard InChI is InChI=1S/C13H21N3O2/c1-4-7-10-16-12(17)14(8-5-2)11-15(9-6-3)13(16)18/h5-6H,2-4,7-11H2,1H3. The van der Waals surface area contributed by atoms with Gasteiger partial charge >= 0.3 is 12.1 Å². The zero-order chi connectivity index (χ0) is 13.5. The molecule has 1 heterocycles. The van der Waals surface area contributed by atoms with Crippen molar-refractivity contribution in [3.63, 3.8) is 0 Å². The minimum atomic E-state index is -0.228. The highest BCUT2D eigenvalue weighted by Crippen LogP contribution is 2.14. The third-order valence-corrected chi connectivity index (χ3v) is 2.78. The predicted molar refractivity (Wildman–Crippen MR) is 71.1 cm³/mol. The van der Waals surface area contributed by atoms with Gasteiger partial charge in [-0.3, -0.25) is 0 Å². The molecule has 1 aliphatic heterocycles. The highest BCUT2D eigenvalue weighted by molar-refractivity contribution is 5.95. The van der Waals surface area contributed by atoms with Crippen LogP contribution in [0.4, 0.5) is 9.59 Å². The van der Waals surface area contributed by atoms with Gasteiger partial charge in [-0.2, -0.15) is 0 Å². The molecule has 0 N–H and O–H groups in total.